The number of nitrogens with zero attached hydrogens (tertiary/aromatic N) is 4. The van der Waals surface area contributed by atoms with E-state index in [2.05, 4.69) is 35.8 Å². The van der Waals surface area contributed by atoms with Crippen molar-refractivity contribution in [3.05, 3.63) is 11.3 Å². The second kappa shape index (κ2) is 3.59. The molecule has 86 valence electrons. The van der Waals surface area contributed by atoms with E-state index in [0.29, 0.717) is 10.8 Å². The average molecular weight is 240 g/mol. The number of hydrogen-bond donors (Lipinski definition) is 1. The minimum Gasteiger partial charge on any atom is -0.368 e. The molecule has 2 aromatic heterocycles. The van der Waals surface area contributed by atoms with Crippen molar-refractivity contribution in [1.29, 1.82) is 0 Å². The van der Waals surface area contributed by atoms with Crippen LogP contribution in [0.2, 0.25) is 5.15 Å². The van der Waals surface area contributed by atoms with E-state index in [-0.39, 0.29) is 11.4 Å². The molecule has 0 aromatic carbocycles. The SMILES string of the molecule is CC(C)(C)Cn1cc2c(Cl)nc(N)nc2n1. The van der Waals surface area contributed by atoms with Gasteiger partial charge in [0.15, 0.2) is 5.65 Å². The van der Waals surface area contributed by atoms with Gasteiger partial charge in [-0.25, -0.2) is 4.98 Å². The van der Waals surface area contributed by atoms with Crippen LogP contribution in [-0.4, -0.2) is 19.7 Å². The fraction of sp³-hybridized carbons (Fsp3) is 0.500. The molecule has 5 nitrogen and oxygen atoms in total. The van der Waals surface area contributed by atoms with Gasteiger partial charge in [-0.05, 0) is 5.41 Å². The lowest BCUT2D eigenvalue weighted by Crippen LogP contribution is -2.15. The van der Waals surface area contributed by atoms with Crippen molar-refractivity contribution < 1.29 is 0 Å². The second-order valence-corrected chi connectivity index (χ2v) is 5.36. The number of fused-ring (bicyclic) bond motifs is 1. The Morgan fingerprint density at radius 1 is 1.38 bits per heavy atom. The lowest BCUT2D eigenvalue weighted by Gasteiger charge is -2.17. The minimum atomic E-state index is 0.146. The summed E-state index contributed by atoms with van der Waals surface area (Å²) in [6, 6.07) is 0. The first-order valence-corrected chi connectivity index (χ1v) is 5.39. The van der Waals surface area contributed by atoms with E-state index in [0.717, 1.165) is 11.9 Å². The van der Waals surface area contributed by atoms with Crippen LogP contribution in [0.25, 0.3) is 11.0 Å². The van der Waals surface area contributed by atoms with Gasteiger partial charge in [-0.3, -0.25) is 4.68 Å². The van der Waals surface area contributed by atoms with E-state index in [1.54, 1.807) is 0 Å². The summed E-state index contributed by atoms with van der Waals surface area (Å²) in [7, 11) is 0. The van der Waals surface area contributed by atoms with Crippen LogP contribution in [0.3, 0.4) is 0 Å². The molecule has 0 aliphatic rings. The van der Waals surface area contributed by atoms with Gasteiger partial charge in [0.25, 0.3) is 0 Å². The summed E-state index contributed by atoms with van der Waals surface area (Å²) in [5.41, 5.74) is 6.19. The van der Waals surface area contributed by atoms with E-state index in [4.69, 9.17) is 17.3 Å². The van der Waals surface area contributed by atoms with Crippen LogP contribution in [0.5, 0.6) is 0 Å². The van der Waals surface area contributed by atoms with Gasteiger partial charge >= 0.3 is 0 Å². The molecule has 0 saturated carbocycles. The molecule has 0 amide bonds. The summed E-state index contributed by atoms with van der Waals surface area (Å²) in [4.78, 5) is 7.93. The molecular weight excluding hydrogens is 226 g/mol. The van der Waals surface area contributed by atoms with Gasteiger partial charge in [0, 0.05) is 12.7 Å². The molecule has 0 saturated heterocycles. The van der Waals surface area contributed by atoms with Crippen molar-refractivity contribution in [3.8, 4) is 0 Å². The molecule has 0 spiro atoms. The van der Waals surface area contributed by atoms with Gasteiger partial charge in [-0.15, -0.1) is 0 Å². The highest BCUT2D eigenvalue weighted by atomic mass is 35.5. The van der Waals surface area contributed by atoms with Crippen LogP contribution in [0.15, 0.2) is 6.20 Å². The third-order valence-electron chi connectivity index (χ3n) is 2.03. The maximum Gasteiger partial charge on any atom is 0.223 e. The molecule has 0 radical (unpaired) electrons. The molecule has 6 heteroatoms. The Morgan fingerprint density at radius 3 is 2.69 bits per heavy atom. The molecule has 0 aliphatic heterocycles. The van der Waals surface area contributed by atoms with E-state index in [1.165, 1.54) is 0 Å². The number of nitrogens with two attached hydrogens (primary N) is 1. The smallest absolute Gasteiger partial charge is 0.223 e. The quantitative estimate of drug-likeness (QED) is 0.774. The molecule has 0 bridgehead atoms. The number of anilines is 1. The maximum absolute atomic E-state index is 5.96. The standard InChI is InChI=1S/C10H14ClN5/c1-10(2,3)5-16-4-6-7(11)13-9(12)14-8(6)15-16/h4H,5H2,1-3H3,(H2,12,14,15). The summed E-state index contributed by atoms with van der Waals surface area (Å²) >= 11 is 5.96. The fourth-order valence-electron chi connectivity index (χ4n) is 1.50. The Kier molecular flexibility index (Phi) is 2.50. The molecule has 0 aliphatic carbocycles. The summed E-state index contributed by atoms with van der Waals surface area (Å²) in [6.07, 6.45) is 1.85. The summed E-state index contributed by atoms with van der Waals surface area (Å²) < 4.78 is 1.82. The molecule has 2 aromatic rings. The summed E-state index contributed by atoms with van der Waals surface area (Å²) in [6.45, 7) is 7.21. The molecule has 0 atom stereocenters. The first-order valence-electron chi connectivity index (χ1n) is 5.01. The number of hydrogen-bond acceptors (Lipinski definition) is 4. The molecule has 0 fully saturated rings. The third kappa shape index (κ3) is 2.24. The monoisotopic (exact) mass is 239 g/mol. The first-order chi connectivity index (χ1) is 7.35. The summed E-state index contributed by atoms with van der Waals surface area (Å²) in [5.74, 6) is 0.151. The van der Waals surface area contributed by atoms with Gasteiger partial charge in [0.2, 0.25) is 5.95 Å². The predicted molar refractivity (Wildman–Crippen MR) is 64.2 cm³/mol. The fourth-order valence-corrected chi connectivity index (χ4v) is 1.72. The molecule has 0 unspecified atom stereocenters. The number of aromatic nitrogens is 4. The Bertz CT molecular complexity index is 526. The van der Waals surface area contributed by atoms with Crippen molar-refractivity contribution in [3.63, 3.8) is 0 Å². The van der Waals surface area contributed by atoms with E-state index >= 15 is 0 Å². The number of nitrogen functional groups attached to an aromatic ring is 1. The van der Waals surface area contributed by atoms with E-state index in [1.807, 2.05) is 10.9 Å². The van der Waals surface area contributed by atoms with Crippen LogP contribution >= 0.6 is 11.6 Å². The van der Waals surface area contributed by atoms with Gasteiger partial charge in [-0.1, -0.05) is 32.4 Å². The van der Waals surface area contributed by atoms with Crippen molar-refractivity contribution in [1.82, 2.24) is 19.7 Å². The zero-order valence-electron chi connectivity index (χ0n) is 9.53. The Morgan fingerprint density at radius 2 is 2.06 bits per heavy atom. The highest BCUT2D eigenvalue weighted by molar-refractivity contribution is 6.34. The van der Waals surface area contributed by atoms with Gasteiger partial charge in [-0.2, -0.15) is 10.1 Å². The molecule has 2 rings (SSSR count). The molecule has 2 heterocycles. The zero-order valence-corrected chi connectivity index (χ0v) is 10.3. The van der Waals surface area contributed by atoms with Gasteiger partial charge in [0.1, 0.15) is 5.15 Å². The summed E-state index contributed by atoms with van der Waals surface area (Å²) in [5, 5.41) is 5.41. The lowest BCUT2D eigenvalue weighted by molar-refractivity contribution is 0.326. The molecular formula is C10H14ClN5. The zero-order chi connectivity index (χ0) is 11.9. The highest BCUT2D eigenvalue weighted by Crippen LogP contribution is 2.22. The maximum atomic E-state index is 5.96. The van der Waals surface area contributed by atoms with Crippen LogP contribution in [0.1, 0.15) is 20.8 Å². The van der Waals surface area contributed by atoms with E-state index in [9.17, 15) is 0 Å². The van der Waals surface area contributed by atoms with Crippen molar-refractivity contribution >= 4 is 28.6 Å². The molecule has 2 N–H and O–H groups in total. The highest BCUT2D eigenvalue weighted by Gasteiger charge is 2.14. The first kappa shape index (κ1) is 11.1. The Balaban J connectivity index is 2.48. The number of rotatable bonds is 1. The Hall–Kier alpha value is -1.36. The van der Waals surface area contributed by atoms with Crippen LogP contribution in [0, 0.1) is 5.41 Å². The van der Waals surface area contributed by atoms with Crippen molar-refractivity contribution in [2.24, 2.45) is 5.41 Å². The third-order valence-corrected chi connectivity index (χ3v) is 2.32. The Labute approximate surface area is 98.6 Å². The van der Waals surface area contributed by atoms with Crippen molar-refractivity contribution in [2.75, 3.05) is 5.73 Å². The number of halogens is 1. The average Bonchev–Trinajstić information content (AvgIpc) is 2.43. The van der Waals surface area contributed by atoms with Gasteiger partial charge in [0.05, 0.1) is 5.39 Å². The predicted octanol–water partition coefficient (Wildman–Crippen LogP) is 2.11. The van der Waals surface area contributed by atoms with Crippen LogP contribution < -0.4 is 5.73 Å². The minimum absolute atomic E-state index is 0.146. The normalized spacial score (nSPS) is 12.2. The largest absolute Gasteiger partial charge is 0.368 e. The molecule has 16 heavy (non-hydrogen) atoms. The van der Waals surface area contributed by atoms with Crippen LogP contribution in [0.4, 0.5) is 5.95 Å². The lowest BCUT2D eigenvalue weighted by atomic mass is 9.97. The second-order valence-electron chi connectivity index (χ2n) is 5.00. The van der Waals surface area contributed by atoms with Crippen molar-refractivity contribution in [2.45, 2.75) is 27.3 Å². The van der Waals surface area contributed by atoms with E-state index < -0.39 is 0 Å². The topological polar surface area (TPSA) is 69.6 Å². The van der Waals surface area contributed by atoms with Gasteiger partial charge < -0.3 is 5.73 Å². The van der Waals surface area contributed by atoms with Crippen LogP contribution in [-0.2, 0) is 6.54 Å².